The maximum absolute atomic E-state index is 4.61. The van der Waals surface area contributed by atoms with Crippen molar-refractivity contribution in [3.8, 4) is 0 Å². The van der Waals surface area contributed by atoms with Crippen molar-refractivity contribution in [2.24, 2.45) is 0 Å². The van der Waals surface area contributed by atoms with Gasteiger partial charge in [0.15, 0.2) is 5.82 Å². The molecule has 5 heteroatoms. The Morgan fingerprint density at radius 2 is 2.11 bits per heavy atom. The number of H-pyrrole nitrogens is 1. The number of hydrogen-bond acceptors (Lipinski definition) is 3. The molecule has 1 aliphatic carbocycles. The van der Waals surface area contributed by atoms with Crippen molar-refractivity contribution in [2.75, 3.05) is 0 Å². The average Bonchev–Trinajstić information content (AvgIpc) is 2.92. The van der Waals surface area contributed by atoms with E-state index in [4.69, 9.17) is 0 Å². The number of rotatable bonds is 4. The molecule has 0 unspecified atom stereocenters. The van der Waals surface area contributed by atoms with Gasteiger partial charge in [0.05, 0.1) is 6.04 Å². The largest absolute Gasteiger partial charge is 0.324 e. The van der Waals surface area contributed by atoms with Crippen molar-refractivity contribution >= 4 is 0 Å². The Bertz CT molecular complexity index is 535. The van der Waals surface area contributed by atoms with E-state index in [1.807, 2.05) is 12.4 Å². The van der Waals surface area contributed by atoms with Gasteiger partial charge in [-0.15, -0.1) is 0 Å². The summed E-state index contributed by atoms with van der Waals surface area (Å²) in [4.78, 5) is 9.03. The first kappa shape index (κ1) is 11.4. The molecule has 18 heavy (non-hydrogen) atoms. The van der Waals surface area contributed by atoms with Gasteiger partial charge in [-0.2, -0.15) is 5.10 Å². The predicted octanol–water partition coefficient (Wildman–Crippen LogP) is 2.61. The molecule has 96 valence electrons. The molecule has 0 spiro atoms. The highest BCUT2D eigenvalue weighted by molar-refractivity contribution is 5.09. The molecule has 0 radical (unpaired) electrons. The first-order valence-corrected chi connectivity index (χ1v) is 6.61. The molecule has 1 N–H and O–H groups in total. The van der Waals surface area contributed by atoms with Crippen LogP contribution in [0.25, 0.3) is 0 Å². The van der Waals surface area contributed by atoms with E-state index in [2.05, 4.69) is 45.5 Å². The minimum absolute atomic E-state index is 0.133. The van der Waals surface area contributed by atoms with Crippen molar-refractivity contribution in [3.05, 3.63) is 29.9 Å². The topological polar surface area (TPSA) is 59.4 Å². The molecule has 0 aliphatic heterocycles. The van der Waals surface area contributed by atoms with E-state index in [0.29, 0.717) is 11.8 Å². The zero-order valence-electron chi connectivity index (χ0n) is 11.1. The normalized spacial score (nSPS) is 17.3. The Morgan fingerprint density at radius 3 is 2.78 bits per heavy atom. The molecule has 5 nitrogen and oxygen atoms in total. The van der Waals surface area contributed by atoms with Gasteiger partial charge >= 0.3 is 0 Å². The monoisotopic (exact) mass is 245 g/mol. The summed E-state index contributed by atoms with van der Waals surface area (Å²) in [6.07, 6.45) is 6.34. The molecule has 0 bridgehead atoms. The van der Waals surface area contributed by atoms with Gasteiger partial charge in [-0.1, -0.05) is 13.8 Å². The average molecular weight is 245 g/mol. The second-order valence-electron chi connectivity index (χ2n) is 5.38. The molecular formula is C13H19N5. The van der Waals surface area contributed by atoms with Crippen LogP contribution in [0.1, 0.15) is 69.0 Å². The van der Waals surface area contributed by atoms with E-state index in [0.717, 1.165) is 17.5 Å². The summed E-state index contributed by atoms with van der Waals surface area (Å²) in [5.41, 5.74) is 0. The predicted molar refractivity (Wildman–Crippen MR) is 68.5 cm³/mol. The lowest BCUT2D eigenvalue weighted by Crippen LogP contribution is -2.12. The van der Waals surface area contributed by atoms with E-state index in [1.165, 1.54) is 12.8 Å². The number of aromatic amines is 1. The van der Waals surface area contributed by atoms with Crippen molar-refractivity contribution in [2.45, 2.75) is 51.5 Å². The summed E-state index contributed by atoms with van der Waals surface area (Å²) in [7, 11) is 0. The van der Waals surface area contributed by atoms with Crippen LogP contribution in [0, 0.1) is 0 Å². The molecule has 1 saturated carbocycles. The summed E-state index contributed by atoms with van der Waals surface area (Å²) in [6.45, 7) is 6.42. The van der Waals surface area contributed by atoms with Gasteiger partial charge in [-0.3, -0.25) is 5.10 Å². The molecule has 1 fully saturated rings. The highest BCUT2D eigenvalue weighted by Crippen LogP contribution is 2.38. The van der Waals surface area contributed by atoms with Gasteiger partial charge in [0.25, 0.3) is 0 Å². The maximum atomic E-state index is 4.61. The lowest BCUT2D eigenvalue weighted by Gasteiger charge is -2.15. The highest BCUT2D eigenvalue weighted by Gasteiger charge is 2.28. The highest BCUT2D eigenvalue weighted by atomic mass is 15.3. The Balaban J connectivity index is 1.87. The standard InChI is InChI=1S/C13H19N5/c1-8(2)13-14-6-7-18(13)9(3)11-15-12(17-16-11)10-4-5-10/h6-10H,4-5H2,1-3H3,(H,15,16,17)/t9-/m0/s1. The van der Waals surface area contributed by atoms with E-state index >= 15 is 0 Å². The maximum Gasteiger partial charge on any atom is 0.173 e. The van der Waals surface area contributed by atoms with E-state index in [9.17, 15) is 0 Å². The fourth-order valence-corrected chi connectivity index (χ4v) is 2.24. The fourth-order valence-electron chi connectivity index (χ4n) is 2.24. The van der Waals surface area contributed by atoms with Crippen LogP contribution < -0.4 is 0 Å². The first-order chi connectivity index (χ1) is 8.66. The van der Waals surface area contributed by atoms with E-state index in [-0.39, 0.29) is 6.04 Å². The van der Waals surface area contributed by atoms with Gasteiger partial charge < -0.3 is 4.57 Å². The van der Waals surface area contributed by atoms with Gasteiger partial charge in [0.2, 0.25) is 0 Å². The van der Waals surface area contributed by atoms with E-state index in [1.54, 1.807) is 0 Å². The van der Waals surface area contributed by atoms with Crippen LogP contribution in [0.2, 0.25) is 0 Å². The number of aromatic nitrogens is 5. The molecule has 0 saturated heterocycles. The summed E-state index contributed by atoms with van der Waals surface area (Å²) >= 11 is 0. The molecule has 0 amide bonds. The molecular weight excluding hydrogens is 226 g/mol. The Kier molecular flexibility index (Phi) is 2.69. The summed E-state index contributed by atoms with van der Waals surface area (Å²) < 4.78 is 2.16. The Hall–Kier alpha value is -1.65. The molecule has 3 rings (SSSR count). The van der Waals surface area contributed by atoms with Crippen LogP contribution in [0.3, 0.4) is 0 Å². The van der Waals surface area contributed by atoms with Crippen molar-refractivity contribution in [1.82, 2.24) is 24.7 Å². The van der Waals surface area contributed by atoms with Gasteiger partial charge in [0, 0.05) is 24.2 Å². The van der Waals surface area contributed by atoms with Crippen LogP contribution in [-0.4, -0.2) is 24.7 Å². The van der Waals surface area contributed by atoms with Crippen LogP contribution >= 0.6 is 0 Å². The summed E-state index contributed by atoms with van der Waals surface area (Å²) in [5.74, 6) is 4.01. The first-order valence-electron chi connectivity index (χ1n) is 6.61. The minimum Gasteiger partial charge on any atom is -0.324 e. The van der Waals surface area contributed by atoms with Crippen LogP contribution in [0.15, 0.2) is 12.4 Å². The molecule has 2 aromatic heterocycles. The van der Waals surface area contributed by atoms with Crippen LogP contribution in [0.4, 0.5) is 0 Å². The number of nitrogens with zero attached hydrogens (tertiary/aromatic N) is 4. The molecule has 2 aromatic rings. The molecule has 1 atom stereocenters. The third-order valence-electron chi connectivity index (χ3n) is 3.49. The Morgan fingerprint density at radius 1 is 1.33 bits per heavy atom. The second kappa shape index (κ2) is 4.23. The van der Waals surface area contributed by atoms with Crippen molar-refractivity contribution in [3.63, 3.8) is 0 Å². The molecule has 0 aromatic carbocycles. The SMILES string of the molecule is CC(C)c1nccn1[C@@H](C)c1n[nH]c(C2CC2)n1. The minimum atomic E-state index is 0.133. The number of nitrogens with one attached hydrogen (secondary N) is 1. The third kappa shape index (κ3) is 1.94. The smallest absolute Gasteiger partial charge is 0.173 e. The summed E-state index contributed by atoms with van der Waals surface area (Å²) in [6, 6.07) is 0.133. The van der Waals surface area contributed by atoms with Crippen LogP contribution in [-0.2, 0) is 0 Å². The third-order valence-corrected chi connectivity index (χ3v) is 3.49. The van der Waals surface area contributed by atoms with E-state index < -0.39 is 0 Å². The van der Waals surface area contributed by atoms with Crippen molar-refractivity contribution in [1.29, 1.82) is 0 Å². The lowest BCUT2D eigenvalue weighted by atomic mass is 10.2. The number of imidazole rings is 1. The van der Waals surface area contributed by atoms with Gasteiger partial charge in [-0.25, -0.2) is 9.97 Å². The fraction of sp³-hybridized carbons (Fsp3) is 0.615. The molecule has 2 heterocycles. The van der Waals surface area contributed by atoms with Gasteiger partial charge in [-0.05, 0) is 19.8 Å². The zero-order valence-corrected chi connectivity index (χ0v) is 11.1. The zero-order chi connectivity index (χ0) is 12.7. The van der Waals surface area contributed by atoms with Crippen molar-refractivity contribution < 1.29 is 0 Å². The molecule has 1 aliphatic rings. The lowest BCUT2D eigenvalue weighted by molar-refractivity contribution is 0.554. The van der Waals surface area contributed by atoms with Crippen LogP contribution in [0.5, 0.6) is 0 Å². The second-order valence-corrected chi connectivity index (χ2v) is 5.38. The number of hydrogen-bond donors (Lipinski definition) is 1. The van der Waals surface area contributed by atoms with Gasteiger partial charge in [0.1, 0.15) is 11.6 Å². The Labute approximate surface area is 107 Å². The quantitative estimate of drug-likeness (QED) is 0.900. The summed E-state index contributed by atoms with van der Waals surface area (Å²) in [5, 5.41) is 7.41.